The minimum atomic E-state index is -0.580. The number of aromatic hydroxyl groups is 1. The molecule has 3 rings (SSSR count). The van der Waals surface area contributed by atoms with Crippen molar-refractivity contribution in [2.75, 3.05) is 12.4 Å². The zero-order valence-electron chi connectivity index (χ0n) is 10.1. The van der Waals surface area contributed by atoms with Crippen molar-refractivity contribution in [3.8, 4) is 17.2 Å². The molecule has 0 aliphatic carbocycles. The van der Waals surface area contributed by atoms with Crippen molar-refractivity contribution in [2.24, 2.45) is 0 Å². The molecule has 0 fully saturated rings. The highest BCUT2D eigenvalue weighted by atomic mass is 18.2. The molecule has 0 atom stereocenters. The molecule has 96 valence electrons. The van der Waals surface area contributed by atoms with Crippen LogP contribution in [-0.2, 0) is 0 Å². The van der Waals surface area contributed by atoms with Crippen LogP contribution in [0.4, 0.5) is 10.1 Å². The first-order valence-electron chi connectivity index (χ1n) is 5.74. The van der Waals surface area contributed by atoms with E-state index in [0.29, 0.717) is 22.7 Å². The SMILES string of the molecule is CNc1ccc(-c2cc3cc(O)ccc3o2)nc1[18F]. The van der Waals surface area contributed by atoms with Crippen molar-refractivity contribution in [1.29, 1.82) is 0 Å². The molecule has 0 aliphatic heterocycles. The van der Waals surface area contributed by atoms with Gasteiger partial charge in [0.05, 0.1) is 5.69 Å². The van der Waals surface area contributed by atoms with Gasteiger partial charge in [0.15, 0.2) is 5.76 Å². The van der Waals surface area contributed by atoms with E-state index in [2.05, 4.69) is 10.3 Å². The predicted molar refractivity (Wildman–Crippen MR) is 70.6 cm³/mol. The lowest BCUT2D eigenvalue weighted by Crippen LogP contribution is -1.95. The molecular weight excluding hydrogens is 246 g/mol. The summed E-state index contributed by atoms with van der Waals surface area (Å²) in [5.41, 5.74) is 1.36. The fourth-order valence-corrected chi connectivity index (χ4v) is 1.91. The number of phenolic OH excluding ortho intramolecular Hbond substituents is 1. The monoisotopic (exact) mass is 257 g/mol. The normalized spacial score (nSPS) is 10.8. The van der Waals surface area contributed by atoms with E-state index >= 15 is 0 Å². The van der Waals surface area contributed by atoms with Gasteiger partial charge >= 0.3 is 0 Å². The van der Waals surface area contributed by atoms with Crippen LogP contribution in [0.25, 0.3) is 22.4 Å². The van der Waals surface area contributed by atoms with E-state index in [1.165, 1.54) is 6.07 Å². The summed E-state index contributed by atoms with van der Waals surface area (Å²) >= 11 is 0. The molecule has 1 aromatic carbocycles. The number of nitrogens with one attached hydrogen (secondary N) is 1. The molecule has 0 saturated carbocycles. The Morgan fingerprint density at radius 2 is 2.05 bits per heavy atom. The lowest BCUT2D eigenvalue weighted by atomic mass is 10.2. The molecule has 0 unspecified atom stereocenters. The van der Waals surface area contributed by atoms with Crippen molar-refractivity contribution < 1.29 is 13.9 Å². The van der Waals surface area contributed by atoms with E-state index in [0.717, 1.165) is 5.39 Å². The summed E-state index contributed by atoms with van der Waals surface area (Å²) in [5, 5.41) is 12.8. The highest BCUT2D eigenvalue weighted by Gasteiger charge is 2.10. The van der Waals surface area contributed by atoms with Gasteiger partial charge in [0.2, 0.25) is 5.95 Å². The van der Waals surface area contributed by atoms with E-state index in [4.69, 9.17) is 4.42 Å². The first-order valence-corrected chi connectivity index (χ1v) is 5.74. The van der Waals surface area contributed by atoms with Crippen LogP contribution in [0.5, 0.6) is 5.75 Å². The third-order valence-corrected chi connectivity index (χ3v) is 2.87. The average molecular weight is 257 g/mol. The van der Waals surface area contributed by atoms with E-state index < -0.39 is 5.95 Å². The van der Waals surface area contributed by atoms with Crippen LogP contribution in [0.1, 0.15) is 0 Å². The van der Waals surface area contributed by atoms with Crippen molar-refractivity contribution >= 4 is 16.7 Å². The van der Waals surface area contributed by atoms with E-state index in [9.17, 15) is 9.50 Å². The molecule has 0 saturated heterocycles. The van der Waals surface area contributed by atoms with Crippen molar-refractivity contribution in [3.63, 3.8) is 0 Å². The first-order chi connectivity index (χ1) is 9.17. The zero-order chi connectivity index (χ0) is 13.4. The van der Waals surface area contributed by atoms with Crippen LogP contribution in [-0.4, -0.2) is 17.1 Å². The van der Waals surface area contributed by atoms with Crippen LogP contribution in [0.3, 0.4) is 0 Å². The van der Waals surface area contributed by atoms with Gasteiger partial charge in [-0.3, -0.25) is 0 Å². The predicted octanol–water partition coefficient (Wildman–Crippen LogP) is 3.38. The van der Waals surface area contributed by atoms with Gasteiger partial charge in [-0.05, 0) is 36.4 Å². The number of phenols is 1. The Morgan fingerprint density at radius 1 is 1.21 bits per heavy atom. The van der Waals surface area contributed by atoms with Crippen LogP contribution >= 0.6 is 0 Å². The maximum atomic E-state index is 13.6. The minimum absolute atomic E-state index is 0.157. The number of fused-ring (bicyclic) bond motifs is 1. The van der Waals surface area contributed by atoms with E-state index in [1.807, 2.05) is 0 Å². The number of nitrogens with zero attached hydrogens (tertiary/aromatic N) is 1. The van der Waals surface area contributed by atoms with E-state index in [-0.39, 0.29) is 5.75 Å². The number of halogens is 1. The van der Waals surface area contributed by atoms with Crippen LogP contribution < -0.4 is 5.32 Å². The van der Waals surface area contributed by atoms with Gasteiger partial charge in [-0.25, -0.2) is 4.98 Å². The van der Waals surface area contributed by atoms with Gasteiger partial charge in [0.1, 0.15) is 17.0 Å². The van der Waals surface area contributed by atoms with E-state index in [1.54, 1.807) is 37.4 Å². The van der Waals surface area contributed by atoms with Crippen molar-refractivity contribution in [2.45, 2.75) is 0 Å². The summed E-state index contributed by atoms with van der Waals surface area (Å²) in [6.07, 6.45) is 0. The number of benzene rings is 1. The summed E-state index contributed by atoms with van der Waals surface area (Å²) in [4.78, 5) is 3.85. The lowest BCUT2D eigenvalue weighted by molar-refractivity contribution is 0.476. The number of anilines is 1. The van der Waals surface area contributed by atoms with Crippen LogP contribution in [0.2, 0.25) is 0 Å². The Morgan fingerprint density at radius 3 is 2.79 bits per heavy atom. The third-order valence-electron chi connectivity index (χ3n) is 2.87. The molecule has 0 aliphatic rings. The molecule has 0 spiro atoms. The highest BCUT2D eigenvalue weighted by molar-refractivity contribution is 5.83. The second-order valence-corrected chi connectivity index (χ2v) is 4.12. The Labute approximate surface area is 108 Å². The molecule has 0 amide bonds. The Bertz CT molecular complexity index is 752. The molecule has 5 heteroatoms. The Kier molecular flexibility index (Phi) is 2.59. The molecule has 4 nitrogen and oxygen atoms in total. The number of hydrogen-bond acceptors (Lipinski definition) is 4. The summed E-state index contributed by atoms with van der Waals surface area (Å²) < 4.78 is 19.2. The van der Waals surface area contributed by atoms with Gasteiger partial charge in [-0.2, -0.15) is 4.39 Å². The molecule has 0 radical (unpaired) electrons. The molecule has 2 N–H and O–H groups in total. The quantitative estimate of drug-likeness (QED) is 0.691. The van der Waals surface area contributed by atoms with Gasteiger partial charge in [-0.1, -0.05) is 0 Å². The van der Waals surface area contributed by atoms with Crippen LogP contribution in [0.15, 0.2) is 40.8 Å². The smallest absolute Gasteiger partial charge is 0.236 e. The Balaban J connectivity index is 2.11. The molecule has 19 heavy (non-hydrogen) atoms. The summed E-state index contributed by atoms with van der Waals surface area (Å²) in [7, 11) is 1.63. The van der Waals surface area contributed by atoms with Crippen molar-refractivity contribution in [1.82, 2.24) is 4.98 Å². The second kappa shape index (κ2) is 4.28. The third kappa shape index (κ3) is 1.99. The number of rotatable bonds is 2. The second-order valence-electron chi connectivity index (χ2n) is 4.12. The lowest BCUT2D eigenvalue weighted by Gasteiger charge is -2.02. The number of pyridine rings is 1. The van der Waals surface area contributed by atoms with Gasteiger partial charge in [0.25, 0.3) is 0 Å². The topological polar surface area (TPSA) is 58.3 Å². The first kappa shape index (κ1) is 11.5. The fraction of sp³-hybridized carbons (Fsp3) is 0.0714. The van der Waals surface area contributed by atoms with Gasteiger partial charge in [0, 0.05) is 12.4 Å². The Hall–Kier alpha value is -2.56. The molecular formula is C14H11FN2O2. The van der Waals surface area contributed by atoms with Gasteiger partial charge in [-0.15, -0.1) is 0 Å². The molecule has 0 bridgehead atoms. The maximum absolute atomic E-state index is 13.6. The van der Waals surface area contributed by atoms with Crippen LogP contribution in [0, 0.1) is 5.95 Å². The summed E-state index contributed by atoms with van der Waals surface area (Å²) in [5.74, 6) is 0.0370. The minimum Gasteiger partial charge on any atom is -0.508 e. The summed E-state index contributed by atoms with van der Waals surface area (Å²) in [6.45, 7) is 0. The zero-order valence-corrected chi connectivity index (χ0v) is 10.1. The van der Waals surface area contributed by atoms with Gasteiger partial charge < -0.3 is 14.8 Å². The average Bonchev–Trinajstić information content (AvgIpc) is 2.81. The number of furan rings is 1. The molecule has 2 heterocycles. The number of aromatic nitrogens is 1. The van der Waals surface area contributed by atoms with Crippen molar-refractivity contribution in [3.05, 3.63) is 42.3 Å². The highest BCUT2D eigenvalue weighted by Crippen LogP contribution is 2.29. The molecule has 2 aromatic heterocycles. The standard InChI is InChI=1S/C14H11FN2O2/c1-16-11-4-3-10(17-14(11)15)13-7-8-6-9(18)2-5-12(8)19-13/h2-7,16,18H,1H3/i15-1. The molecule has 3 aromatic rings. The number of hydrogen-bond donors (Lipinski definition) is 2. The summed E-state index contributed by atoms with van der Waals surface area (Å²) in [6, 6.07) is 9.77. The maximum Gasteiger partial charge on any atom is 0.236 e. The fourth-order valence-electron chi connectivity index (χ4n) is 1.91. The largest absolute Gasteiger partial charge is 0.508 e.